The number of aromatic nitrogens is 2. The van der Waals surface area contributed by atoms with Gasteiger partial charge in [0.1, 0.15) is 4.90 Å². The summed E-state index contributed by atoms with van der Waals surface area (Å²) in [5.74, 6) is 0.410. The van der Waals surface area contributed by atoms with E-state index < -0.39 is 10.0 Å². The van der Waals surface area contributed by atoms with Gasteiger partial charge in [0, 0.05) is 13.1 Å². The molecule has 2 aromatic rings. The Hall–Kier alpha value is -1.66. The van der Waals surface area contributed by atoms with E-state index in [0.29, 0.717) is 29.6 Å². The molecule has 118 valence electrons. The Kier molecular flexibility index (Phi) is 4.06. The van der Waals surface area contributed by atoms with Gasteiger partial charge in [0.2, 0.25) is 10.0 Å². The van der Waals surface area contributed by atoms with E-state index >= 15 is 0 Å². The molecular formula is C16H21N3O2S. The van der Waals surface area contributed by atoms with Crippen molar-refractivity contribution in [3.05, 3.63) is 42.2 Å². The van der Waals surface area contributed by atoms with Crippen LogP contribution in [-0.4, -0.2) is 35.6 Å². The molecule has 5 nitrogen and oxygen atoms in total. The molecule has 1 aromatic heterocycles. The fourth-order valence-corrected chi connectivity index (χ4v) is 4.66. The first-order valence-corrected chi connectivity index (χ1v) is 9.04. The molecule has 0 radical (unpaired) electrons. The van der Waals surface area contributed by atoms with Crippen LogP contribution in [0.3, 0.4) is 0 Å². The first-order chi connectivity index (χ1) is 10.5. The van der Waals surface area contributed by atoms with Gasteiger partial charge >= 0.3 is 0 Å². The number of para-hydroxylation sites is 1. The molecule has 6 heteroatoms. The number of rotatable bonds is 3. The molecule has 22 heavy (non-hydrogen) atoms. The third-order valence-electron chi connectivity index (χ3n) is 4.11. The van der Waals surface area contributed by atoms with E-state index in [1.165, 1.54) is 0 Å². The number of hydrogen-bond donors (Lipinski definition) is 0. The van der Waals surface area contributed by atoms with Crippen molar-refractivity contribution in [2.45, 2.75) is 31.6 Å². The average molecular weight is 319 g/mol. The Morgan fingerprint density at radius 3 is 2.64 bits per heavy atom. The molecule has 3 rings (SSSR count). The van der Waals surface area contributed by atoms with Crippen LogP contribution >= 0.6 is 0 Å². The summed E-state index contributed by atoms with van der Waals surface area (Å²) in [6.45, 7) is 5.04. The van der Waals surface area contributed by atoms with E-state index in [4.69, 9.17) is 0 Å². The van der Waals surface area contributed by atoms with Crippen molar-refractivity contribution < 1.29 is 8.42 Å². The number of nitrogens with zero attached hydrogens (tertiary/aromatic N) is 3. The number of sulfonamides is 1. The molecule has 0 amide bonds. The second-order valence-corrected chi connectivity index (χ2v) is 7.88. The minimum Gasteiger partial charge on any atom is -0.239 e. The number of hydrogen-bond acceptors (Lipinski definition) is 3. The zero-order valence-electron chi connectivity index (χ0n) is 12.9. The van der Waals surface area contributed by atoms with Crippen LogP contribution in [0.4, 0.5) is 0 Å². The predicted octanol–water partition coefficient (Wildman–Crippen LogP) is 2.60. The lowest BCUT2D eigenvalue weighted by molar-refractivity contribution is 0.281. The van der Waals surface area contributed by atoms with Gasteiger partial charge in [0.15, 0.2) is 0 Å². The van der Waals surface area contributed by atoms with Gasteiger partial charge in [0.25, 0.3) is 0 Å². The van der Waals surface area contributed by atoms with E-state index in [1.807, 2.05) is 30.3 Å². The summed E-state index contributed by atoms with van der Waals surface area (Å²) in [5, 5.41) is 4.37. The molecule has 0 spiro atoms. The average Bonchev–Trinajstić information content (AvgIpc) is 2.91. The quantitative estimate of drug-likeness (QED) is 0.874. The second-order valence-electron chi connectivity index (χ2n) is 5.97. The predicted molar refractivity (Wildman–Crippen MR) is 85.5 cm³/mol. The van der Waals surface area contributed by atoms with E-state index in [-0.39, 0.29) is 0 Å². The normalized spacial score (nSPS) is 20.2. The largest absolute Gasteiger partial charge is 0.246 e. The van der Waals surface area contributed by atoms with Crippen molar-refractivity contribution in [1.82, 2.24) is 14.1 Å². The van der Waals surface area contributed by atoms with Gasteiger partial charge in [-0.05, 0) is 37.8 Å². The zero-order valence-corrected chi connectivity index (χ0v) is 13.8. The van der Waals surface area contributed by atoms with Crippen LogP contribution in [0.2, 0.25) is 0 Å². The second kappa shape index (κ2) is 5.85. The lowest BCUT2D eigenvalue weighted by Crippen LogP contribution is -2.39. The highest BCUT2D eigenvalue weighted by Crippen LogP contribution is 2.25. The van der Waals surface area contributed by atoms with Crippen LogP contribution in [0.1, 0.15) is 25.5 Å². The lowest BCUT2D eigenvalue weighted by Gasteiger charge is -2.29. The summed E-state index contributed by atoms with van der Waals surface area (Å²) >= 11 is 0. The highest BCUT2D eigenvalue weighted by atomic mass is 32.2. The van der Waals surface area contributed by atoms with E-state index in [9.17, 15) is 8.42 Å². The Balaban J connectivity index is 1.96. The third-order valence-corrected chi connectivity index (χ3v) is 6.08. The molecule has 1 saturated heterocycles. The highest BCUT2D eigenvalue weighted by Gasteiger charge is 2.31. The van der Waals surface area contributed by atoms with Crippen molar-refractivity contribution in [1.29, 1.82) is 0 Å². The van der Waals surface area contributed by atoms with Gasteiger partial charge in [0.05, 0.1) is 17.6 Å². The lowest BCUT2D eigenvalue weighted by atomic mass is 10.0. The molecule has 1 unspecified atom stereocenters. The van der Waals surface area contributed by atoms with Crippen molar-refractivity contribution in [3.63, 3.8) is 0 Å². The smallest absolute Gasteiger partial charge is 0.239 e. The van der Waals surface area contributed by atoms with Gasteiger partial charge in [-0.25, -0.2) is 13.1 Å². The standard InChI is InChI=1S/C16H21N3O2S/c1-13-7-6-10-18(11-13)22(20,21)16-12-19(17-14(16)2)15-8-4-3-5-9-15/h3-5,8-9,12-13H,6-7,10-11H2,1-2H3. The van der Waals surface area contributed by atoms with Crippen molar-refractivity contribution in [3.8, 4) is 5.69 Å². The zero-order chi connectivity index (χ0) is 15.7. The maximum atomic E-state index is 12.9. The SMILES string of the molecule is Cc1nn(-c2ccccc2)cc1S(=O)(=O)N1CCCC(C)C1. The molecule has 1 aliphatic heterocycles. The molecule has 0 bridgehead atoms. The van der Waals surface area contributed by atoms with E-state index in [1.54, 1.807) is 22.1 Å². The molecule has 1 aliphatic rings. The molecule has 0 N–H and O–H groups in total. The van der Waals surface area contributed by atoms with Crippen LogP contribution in [0.5, 0.6) is 0 Å². The molecule has 0 saturated carbocycles. The fraction of sp³-hybridized carbons (Fsp3) is 0.438. The van der Waals surface area contributed by atoms with Gasteiger partial charge < -0.3 is 0 Å². The van der Waals surface area contributed by atoms with Crippen molar-refractivity contribution in [2.75, 3.05) is 13.1 Å². The molecular weight excluding hydrogens is 298 g/mol. The molecule has 1 atom stereocenters. The Labute approximate surface area is 131 Å². The fourth-order valence-electron chi connectivity index (χ4n) is 2.91. The monoisotopic (exact) mass is 319 g/mol. The number of aryl methyl sites for hydroxylation is 1. The van der Waals surface area contributed by atoms with Crippen molar-refractivity contribution >= 4 is 10.0 Å². The first-order valence-electron chi connectivity index (χ1n) is 7.60. The maximum absolute atomic E-state index is 12.9. The van der Waals surface area contributed by atoms with Crippen LogP contribution in [0, 0.1) is 12.8 Å². The van der Waals surface area contributed by atoms with Crippen molar-refractivity contribution in [2.24, 2.45) is 5.92 Å². The van der Waals surface area contributed by atoms with Crippen LogP contribution < -0.4 is 0 Å². The van der Waals surface area contributed by atoms with Gasteiger partial charge in [-0.1, -0.05) is 25.1 Å². The van der Waals surface area contributed by atoms with Crippen LogP contribution in [0.15, 0.2) is 41.4 Å². The summed E-state index contributed by atoms with van der Waals surface area (Å²) in [5.41, 5.74) is 1.40. The minimum absolute atomic E-state index is 0.311. The third kappa shape index (κ3) is 2.80. The minimum atomic E-state index is -3.46. The van der Waals surface area contributed by atoms with E-state index in [0.717, 1.165) is 18.5 Å². The Morgan fingerprint density at radius 2 is 1.95 bits per heavy atom. The summed E-state index contributed by atoms with van der Waals surface area (Å²) < 4.78 is 29.0. The molecule has 1 fully saturated rings. The topological polar surface area (TPSA) is 55.2 Å². The molecule has 1 aromatic carbocycles. The van der Waals surface area contributed by atoms with Crippen LogP contribution in [-0.2, 0) is 10.0 Å². The first kappa shape index (κ1) is 15.2. The van der Waals surface area contributed by atoms with Crippen LogP contribution in [0.25, 0.3) is 5.69 Å². The summed E-state index contributed by atoms with van der Waals surface area (Å²) in [6.07, 6.45) is 3.64. The Bertz CT molecular complexity index is 753. The maximum Gasteiger partial charge on any atom is 0.246 e. The molecule has 0 aliphatic carbocycles. The Morgan fingerprint density at radius 1 is 1.23 bits per heavy atom. The summed E-state index contributed by atoms with van der Waals surface area (Å²) in [6, 6.07) is 9.56. The van der Waals surface area contributed by atoms with Gasteiger partial charge in [-0.15, -0.1) is 0 Å². The number of benzene rings is 1. The van der Waals surface area contributed by atoms with Gasteiger partial charge in [-0.2, -0.15) is 9.40 Å². The number of piperidine rings is 1. The summed E-state index contributed by atoms with van der Waals surface area (Å²) in [4.78, 5) is 0.311. The molecule has 2 heterocycles. The van der Waals surface area contributed by atoms with Gasteiger partial charge in [-0.3, -0.25) is 0 Å². The highest BCUT2D eigenvalue weighted by molar-refractivity contribution is 7.89. The summed E-state index contributed by atoms with van der Waals surface area (Å²) in [7, 11) is -3.46. The van der Waals surface area contributed by atoms with E-state index in [2.05, 4.69) is 12.0 Å².